The average Bonchev–Trinajstić information content (AvgIpc) is 2.36. The molecule has 0 radical (unpaired) electrons. The fraction of sp³-hybridized carbons (Fsp3) is 0.154. The van der Waals surface area contributed by atoms with Crippen molar-refractivity contribution < 1.29 is 0 Å². The molecule has 1 aromatic heterocycles. The maximum Gasteiger partial charge on any atom is 0.128 e. The van der Waals surface area contributed by atoms with Crippen LogP contribution in [0.1, 0.15) is 22.7 Å². The fourth-order valence-corrected chi connectivity index (χ4v) is 1.95. The summed E-state index contributed by atoms with van der Waals surface area (Å²) in [5.74, 6) is 6.09. The second-order valence-electron chi connectivity index (χ2n) is 4.22. The Kier molecular flexibility index (Phi) is 3.45. The molecule has 1 aromatic carbocycles. The van der Waals surface area contributed by atoms with Crippen molar-refractivity contribution in [3.63, 3.8) is 0 Å². The van der Waals surface area contributed by atoms with E-state index in [9.17, 15) is 0 Å². The van der Waals surface area contributed by atoms with Gasteiger partial charge in [0.1, 0.15) is 5.82 Å². The van der Waals surface area contributed by atoms with Crippen LogP contribution in [0, 0.1) is 6.92 Å². The zero-order chi connectivity index (χ0) is 13.1. The molecule has 0 saturated heterocycles. The van der Waals surface area contributed by atoms with Crippen molar-refractivity contribution in [2.24, 2.45) is 5.84 Å². The molecule has 5 heteroatoms. The van der Waals surface area contributed by atoms with E-state index < -0.39 is 0 Å². The van der Waals surface area contributed by atoms with Gasteiger partial charge in [-0.2, -0.15) is 0 Å². The molecule has 0 aliphatic heterocycles. The number of pyridine rings is 1. The Morgan fingerprint density at radius 1 is 1.17 bits per heavy atom. The van der Waals surface area contributed by atoms with Gasteiger partial charge < -0.3 is 11.5 Å². The van der Waals surface area contributed by atoms with Crippen LogP contribution in [-0.4, -0.2) is 4.98 Å². The van der Waals surface area contributed by atoms with E-state index in [2.05, 4.69) is 10.4 Å². The number of aryl methyl sites for hydroxylation is 1. The molecule has 0 amide bonds. The molecule has 0 fully saturated rings. The lowest BCUT2D eigenvalue weighted by Gasteiger charge is -2.20. The van der Waals surface area contributed by atoms with Crippen molar-refractivity contribution in [3.8, 4) is 0 Å². The second kappa shape index (κ2) is 5.03. The molecule has 0 aliphatic rings. The van der Waals surface area contributed by atoms with Crippen molar-refractivity contribution in [2.75, 3.05) is 11.5 Å². The summed E-state index contributed by atoms with van der Waals surface area (Å²) in [6.07, 6.45) is 1.72. The molecule has 1 unspecified atom stereocenters. The Morgan fingerprint density at radius 2 is 1.89 bits per heavy atom. The van der Waals surface area contributed by atoms with Crippen molar-refractivity contribution >= 4 is 11.5 Å². The molecule has 2 rings (SSSR count). The summed E-state index contributed by atoms with van der Waals surface area (Å²) in [6, 6.07) is 9.23. The molecule has 1 atom stereocenters. The Morgan fingerprint density at radius 3 is 2.56 bits per heavy atom. The van der Waals surface area contributed by atoms with Crippen LogP contribution in [0.4, 0.5) is 11.5 Å². The highest BCUT2D eigenvalue weighted by Gasteiger charge is 2.18. The normalized spacial score (nSPS) is 12.3. The minimum atomic E-state index is -0.265. The van der Waals surface area contributed by atoms with E-state index in [1.165, 1.54) is 0 Å². The lowest BCUT2D eigenvalue weighted by molar-refractivity contribution is 0.638. The summed E-state index contributed by atoms with van der Waals surface area (Å²) < 4.78 is 0. The van der Waals surface area contributed by atoms with Gasteiger partial charge in [-0.25, -0.2) is 10.4 Å². The molecule has 1 heterocycles. The molecule has 0 aliphatic carbocycles. The van der Waals surface area contributed by atoms with Gasteiger partial charge in [0, 0.05) is 17.4 Å². The van der Waals surface area contributed by atoms with Gasteiger partial charge in [0.25, 0.3) is 0 Å². The largest absolute Gasteiger partial charge is 0.398 e. The van der Waals surface area contributed by atoms with Gasteiger partial charge in [0.15, 0.2) is 0 Å². The van der Waals surface area contributed by atoms with Crippen LogP contribution in [-0.2, 0) is 0 Å². The van der Waals surface area contributed by atoms with E-state index in [1.54, 1.807) is 6.20 Å². The van der Waals surface area contributed by atoms with E-state index in [4.69, 9.17) is 17.3 Å². The van der Waals surface area contributed by atoms with Crippen LogP contribution >= 0.6 is 0 Å². The standard InChI is InChI=1S/C13H17N5/c1-8-6-10(13(15)17-7-8)12(18-16)9-4-2-3-5-11(9)14/h2-7,12,18H,14,16H2,1H3,(H2,15,17). The minimum absolute atomic E-state index is 0.265. The number of para-hydroxylation sites is 1. The summed E-state index contributed by atoms with van der Waals surface area (Å²) >= 11 is 0. The number of nitrogens with two attached hydrogens (primary N) is 3. The number of rotatable bonds is 3. The van der Waals surface area contributed by atoms with Crippen LogP contribution in [0.15, 0.2) is 36.5 Å². The average molecular weight is 243 g/mol. The quantitative estimate of drug-likeness (QED) is 0.367. The highest BCUT2D eigenvalue weighted by molar-refractivity contribution is 5.55. The predicted octanol–water partition coefficient (Wildman–Crippen LogP) is 1.11. The highest BCUT2D eigenvalue weighted by Crippen LogP contribution is 2.29. The van der Waals surface area contributed by atoms with Crippen LogP contribution in [0.25, 0.3) is 0 Å². The van der Waals surface area contributed by atoms with Gasteiger partial charge in [-0.3, -0.25) is 5.84 Å². The minimum Gasteiger partial charge on any atom is -0.398 e. The van der Waals surface area contributed by atoms with E-state index >= 15 is 0 Å². The Hall–Kier alpha value is -2.11. The van der Waals surface area contributed by atoms with Crippen LogP contribution in [0.2, 0.25) is 0 Å². The molecule has 0 spiro atoms. The summed E-state index contributed by atoms with van der Waals surface area (Å²) in [4.78, 5) is 4.14. The summed E-state index contributed by atoms with van der Waals surface area (Å²) in [6.45, 7) is 1.96. The number of hydrazine groups is 1. The molecule has 5 nitrogen and oxygen atoms in total. The number of anilines is 2. The molecule has 2 aromatic rings. The number of hydrogen-bond donors (Lipinski definition) is 4. The third-order valence-corrected chi connectivity index (χ3v) is 2.87. The lowest BCUT2D eigenvalue weighted by atomic mass is 9.97. The van der Waals surface area contributed by atoms with Crippen molar-refractivity contribution in [3.05, 3.63) is 53.2 Å². The molecular formula is C13H17N5. The van der Waals surface area contributed by atoms with E-state index in [-0.39, 0.29) is 6.04 Å². The van der Waals surface area contributed by atoms with Gasteiger partial charge >= 0.3 is 0 Å². The monoisotopic (exact) mass is 243 g/mol. The van der Waals surface area contributed by atoms with Crippen LogP contribution < -0.4 is 22.7 Å². The first-order valence-electron chi connectivity index (χ1n) is 5.66. The number of benzene rings is 1. The van der Waals surface area contributed by atoms with Crippen LogP contribution in [0.5, 0.6) is 0 Å². The van der Waals surface area contributed by atoms with E-state index in [1.807, 2.05) is 37.3 Å². The Labute approximate surface area is 106 Å². The van der Waals surface area contributed by atoms with Crippen molar-refractivity contribution in [1.29, 1.82) is 0 Å². The summed E-state index contributed by atoms with van der Waals surface area (Å²) in [5.41, 5.74) is 18.0. The maximum absolute atomic E-state index is 5.97. The number of nitrogens with one attached hydrogen (secondary N) is 1. The molecule has 7 N–H and O–H groups in total. The zero-order valence-corrected chi connectivity index (χ0v) is 10.2. The first-order valence-corrected chi connectivity index (χ1v) is 5.66. The molecular weight excluding hydrogens is 226 g/mol. The SMILES string of the molecule is Cc1cnc(N)c(C(NN)c2ccccc2N)c1. The molecule has 0 saturated carbocycles. The first-order chi connectivity index (χ1) is 8.63. The molecule has 0 bridgehead atoms. The van der Waals surface area contributed by atoms with Gasteiger partial charge in [-0.1, -0.05) is 18.2 Å². The van der Waals surface area contributed by atoms with E-state index in [0.717, 1.165) is 16.7 Å². The third kappa shape index (κ3) is 2.27. The zero-order valence-electron chi connectivity index (χ0n) is 10.2. The maximum atomic E-state index is 5.97. The Balaban J connectivity index is 2.52. The molecule has 94 valence electrons. The predicted molar refractivity (Wildman–Crippen MR) is 73.4 cm³/mol. The topological polar surface area (TPSA) is 103 Å². The smallest absolute Gasteiger partial charge is 0.128 e. The fourth-order valence-electron chi connectivity index (χ4n) is 1.95. The second-order valence-corrected chi connectivity index (χ2v) is 4.22. The van der Waals surface area contributed by atoms with Gasteiger partial charge in [0.2, 0.25) is 0 Å². The third-order valence-electron chi connectivity index (χ3n) is 2.87. The summed E-state index contributed by atoms with van der Waals surface area (Å²) in [5, 5.41) is 0. The number of hydrogen-bond acceptors (Lipinski definition) is 5. The van der Waals surface area contributed by atoms with Crippen LogP contribution in [0.3, 0.4) is 0 Å². The number of aromatic nitrogens is 1. The lowest BCUT2D eigenvalue weighted by Crippen LogP contribution is -2.30. The summed E-state index contributed by atoms with van der Waals surface area (Å²) in [7, 11) is 0. The van der Waals surface area contributed by atoms with Crippen molar-refractivity contribution in [2.45, 2.75) is 13.0 Å². The number of nitrogens with zero attached hydrogens (tertiary/aromatic N) is 1. The first kappa shape index (κ1) is 12.3. The van der Waals surface area contributed by atoms with Gasteiger partial charge in [-0.15, -0.1) is 0 Å². The Bertz CT molecular complexity index is 553. The molecule has 18 heavy (non-hydrogen) atoms. The van der Waals surface area contributed by atoms with Crippen molar-refractivity contribution in [1.82, 2.24) is 10.4 Å². The van der Waals surface area contributed by atoms with E-state index in [0.29, 0.717) is 11.5 Å². The van der Waals surface area contributed by atoms with Gasteiger partial charge in [0.05, 0.1) is 6.04 Å². The van der Waals surface area contributed by atoms with Gasteiger partial charge in [-0.05, 0) is 30.2 Å². The highest BCUT2D eigenvalue weighted by atomic mass is 15.2. The number of nitrogen functional groups attached to an aromatic ring is 2.